The molecule has 2 saturated heterocycles. The summed E-state index contributed by atoms with van der Waals surface area (Å²) in [6.07, 6.45) is 3.25. The van der Waals surface area contributed by atoms with Crippen molar-refractivity contribution in [2.24, 2.45) is 11.8 Å². The molecule has 0 N–H and O–H groups in total. The molecule has 0 saturated carbocycles. The summed E-state index contributed by atoms with van der Waals surface area (Å²) in [5.41, 5.74) is 1.00. The van der Waals surface area contributed by atoms with Gasteiger partial charge in [-0.15, -0.1) is 0 Å². The zero-order valence-corrected chi connectivity index (χ0v) is 14.2. The zero-order chi connectivity index (χ0) is 17.1. The summed E-state index contributed by atoms with van der Waals surface area (Å²) < 4.78 is 12.9. The van der Waals surface area contributed by atoms with Crippen molar-refractivity contribution in [3.8, 4) is 0 Å². The Morgan fingerprint density at radius 1 is 1.25 bits per heavy atom. The molecule has 2 heterocycles. The minimum absolute atomic E-state index is 0.0560. The van der Waals surface area contributed by atoms with E-state index in [1.54, 1.807) is 17.0 Å². The van der Waals surface area contributed by atoms with Crippen LogP contribution < -0.4 is 0 Å². The molecule has 5 heteroatoms. The predicted molar refractivity (Wildman–Crippen MR) is 89.8 cm³/mol. The summed E-state index contributed by atoms with van der Waals surface area (Å²) in [7, 11) is 0. The fourth-order valence-corrected chi connectivity index (χ4v) is 3.72. The third-order valence-corrected chi connectivity index (χ3v) is 5.12. The lowest BCUT2D eigenvalue weighted by molar-refractivity contribution is -0.137. The van der Waals surface area contributed by atoms with Crippen molar-refractivity contribution >= 4 is 11.8 Å². The Morgan fingerprint density at radius 2 is 2.00 bits per heavy atom. The third kappa shape index (κ3) is 3.94. The molecule has 0 radical (unpaired) electrons. The Kier molecular flexibility index (Phi) is 5.17. The van der Waals surface area contributed by atoms with Gasteiger partial charge in [-0.2, -0.15) is 0 Å². The molecule has 2 aliphatic heterocycles. The second-order valence-corrected chi connectivity index (χ2v) is 7.15. The molecule has 0 unspecified atom stereocenters. The lowest BCUT2D eigenvalue weighted by Crippen LogP contribution is -2.43. The normalized spacial score (nSPS) is 24.5. The van der Waals surface area contributed by atoms with Gasteiger partial charge in [-0.3, -0.25) is 9.59 Å². The van der Waals surface area contributed by atoms with Gasteiger partial charge in [-0.05, 0) is 42.9 Å². The molecule has 0 aromatic heterocycles. The molecule has 2 amide bonds. The number of carbonyl (C=O) groups excluding carboxylic acids is 2. The van der Waals surface area contributed by atoms with Gasteiger partial charge in [0.15, 0.2) is 0 Å². The number of benzene rings is 1. The van der Waals surface area contributed by atoms with Crippen LogP contribution in [0.15, 0.2) is 24.3 Å². The van der Waals surface area contributed by atoms with Crippen molar-refractivity contribution in [1.82, 2.24) is 9.80 Å². The van der Waals surface area contributed by atoms with Crippen LogP contribution in [0, 0.1) is 17.7 Å². The number of amides is 2. The highest BCUT2D eigenvalue weighted by Gasteiger charge is 2.37. The van der Waals surface area contributed by atoms with Gasteiger partial charge in [0.2, 0.25) is 11.8 Å². The predicted octanol–water partition coefficient (Wildman–Crippen LogP) is 2.48. The fourth-order valence-electron chi connectivity index (χ4n) is 3.72. The van der Waals surface area contributed by atoms with E-state index in [2.05, 4.69) is 6.92 Å². The molecule has 0 aliphatic carbocycles. The van der Waals surface area contributed by atoms with Gasteiger partial charge in [0.25, 0.3) is 0 Å². The Hall–Kier alpha value is -1.91. The van der Waals surface area contributed by atoms with Crippen LogP contribution in [0.3, 0.4) is 0 Å². The molecule has 24 heavy (non-hydrogen) atoms. The van der Waals surface area contributed by atoms with Crippen molar-refractivity contribution in [3.05, 3.63) is 35.6 Å². The van der Waals surface area contributed by atoms with Gasteiger partial charge in [0, 0.05) is 32.6 Å². The largest absolute Gasteiger partial charge is 0.342 e. The van der Waals surface area contributed by atoms with Crippen LogP contribution in [0.5, 0.6) is 0 Å². The van der Waals surface area contributed by atoms with E-state index in [-0.39, 0.29) is 23.5 Å². The summed E-state index contributed by atoms with van der Waals surface area (Å²) in [5, 5.41) is 0. The highest BCUT2D eigenvalue weighted by molar-refractivity contribution is 5.89. The van der Waals surface area contributed by atoms with E-state index < -0.39 is 0 Å². The molecule has 130 valence electrons. The second-order valence-electron chi connectivity index (χ2n) is 7.15. The van der Waals surface area contributed by atoms with Crippen LogP contribution >= 0.6 is 0 Å². The molecule has 0 bridgehead atoms. The first-order valence-electron chi connectivity index (χ1n) is 8.84. The van der Waals surface area contributed by atoms with Gasteiger partial charge in [0.05, 0.1) is 5.92 Å². The van der Waals surface area contributed by atoms with Gasteiger partial charge in [-0.25, -0.2) is 4.39 Å². The smallest absolute Gasteiger partial charge is 0.228 e. The van der Waals surface area contributed by atoms with Gasteiger partial charge < -0.3 is 9.80 Å². The maximum absolute atomic E-state index is 12.9. The van der Waals surface area contributed by atoms with Crippen LogP contribution in [0.1, 0.15) is 31.7 Å². The number of carbonyl (C=O) groups is 2. The molecular weight excluding hydrogens is 307 g/mol. The number of rotatable bonds is 4. The van der Waals surface area contributed by atoms with Crippen molar-refractivity contribution in [1.29, 1.82) is 0 Å². The average Bonchev–Trinajstić information content (AvgIpc) is 2.94. The lowest BCUT2D eigenvalue weighted by Gasteiger charge is -2.32. The van der Waals surface area contributed by atoms with E-state index >= 15 is 0 Å². The first kappa shape index (κ1) is 16.9. The molecule has 1 aromatic rings. The quantitative estimate of drug-likeness (QED) is 0.850. The summed E-state index contributed by atoms with van der Waals surface area (Å²) in [4.78, 5) is 28.6. The molecule has 2 fully saturated rings. The van der Waals surface area contributed by atoms with E-state index in [1.165, 1.54) is 18.6 Å². The van der Waals surface area contributed by atoms with E-state index in [4.69, 9.17) is 0 Å². The van der Waals surface area contributed by atoms with E-state index in [0.29, 0.717) is 31.8 Å². The first-order valence-corrected chi connectivity index (χ1v) is 8.84. The number of piperidine rings is 1. The maximum atomic E-state index is 12.9. The van der Waals surface area contributed by atoms with E-state index in [9.17, 15) is 14.0 Å². The molecule has 3 rings (SSSR count). The lowest BCUT2D eigenvalue weighted by atomic mass is 9.98. The molecule has 0 spiro atoms. The fraction of sp³-hybridized carbons (Fsp3) is 0.579. The molecule has 1 aromatic carbocycles. The Morgan fingerprint density at radius 3 is 2.71 bits per heavy atom. The SMILES string of the molecule is C[C@H]1CCCN(C(=O)[C@@H]2CC(=O)N(CCc3ccc(F)cc3)C2)C1. The van der Waals surface area contributed by atoms with E-state index in [0.717, 1.165) is 25.1 Å². The van der Waals surface area contributed by atoms with Crippen molar-refractivity contribution in [2.45, 2.75) is 32.6 Å². The minimum Gasteiger partial charge on any atom is -0.342 e. The number of hydrogen-bond acceptors (Lipinski definition) is 2. The molecule has 2 aliphatic rings. The first-order chi connectivity index (χ1) is 11.5. The summed E-state index contributed by atoms with van der Waals surface area (Å²) in [6.45, 7) is 4.92. The average molecular weight is 332 g/mol. The maximum Gasteiger partial charge on any atom is 0.228 e. The van der Waals surface area contributed by atoms with Crippen molar-refractivity contribution in [3.63, 3.8) is 0 Å². The van der Waals surface area contributed by atoms with Crippen LogP contribution in [0.4, 0.5) is 4.39 Å². The van der Waals surface area contributed by atoms with E-state index in [1.807, 2.05) is 4.90 Å². The van der Waals surface area contributed by atoms with Crippen LogP contribution in [0.2, 0.25) is 0 Å². The number of halogens is 1. The zero-order valence-electron chi connectivity index (χ0n) is 14.2. The second kappa shape index (κ2) is 7.32. The van der Waals surface area contributed by atoms with Crippen LogP contribution in [0.25, 0.3) is 0 Å². The highest BCUT2D eigenvalue weighted by atomic mass is 19.1. The molecule has 4 nitrogen and oxygen atoms in total. The topological polar surface area (TPSA) is 40.6 Å². The van der Waals surface area contributed by atoms with Crippen LogP contribution in [-0.2, 0) is 16.0 Å². The Balaban J connectivity index is 1.53. The molecule has 2 atom stereocenters. The van der Waals surface area contributed by atoms with Crippen molar-refractivity contribution in [2.75, 3.05) is 26.2 Å². The third-order valence-electron chi connectivity index (χ3n) is 5.12. The summed E-state index contributed by atoms with van der Waals surface area (Å²) in [6, 6.07) is 6.36. The van der Waals surface area contributed by atoms with Gasteiger partial charge >= 0.3 is 0 Å². The summed E-state index contributed by atoms with van der Waals surface area (Å²) >= 11 is 0. The standard InChI is InChI=1S/C19H25FN2O2/c1-14-3-2-9-22(12-14)19(24)16-11-18(23)21(13-16)10-8-15-4-6-17(20)7-5-15/h4-7,14,16H,2-3,8-13H2,1H3/t14-,16+/m0/s1. The van der Waals surface area contributed by atoms with Crippen LogP contribution in [-0.4, -0.2) is 47.8 Å². The van der Waals surface area contributed by atoms with Gasteiger partial charge in [0.1, 0.15) is 5.82 Å². The van der Waals surface area contributed by atoms with Gasteiger partial charge in [-0.1, -0.05) is 19.1 Å². The molecular formula is C19H25FN2O2. The monoisotopic (exact) mass is 332 g/mol. The number of nitrogens with zero attached hydrogens (tertiary/aromatic N) is 2. The van der Waals surface area contributed by atoms with Crippen molar-refractivity contribution < 1.29 is 14.0 Å². The Bertz CT molecular complexity index is 602. The highest BCUT2D eigenvalue weighted by Crippen LogP contribution is 2.24. The number of likely N-dealkylation sites (tertiary alicyclic amines) is 2. The Labute approximate surface area is 142 Å². The summed E-state index contributed by atoms with van der Waals surface area (Å²) in [5.74, 6) is 0.294. The minimum atomic E-state index is -0.252. The number of hydrogen-bond donors (Lipinski definition) is 0.